The van der Waals surface area contributed by atoms with Crippen LogP contribution in [0.4, 0.5) is 0 Å². The van der Waals surface area contributed by atoms with Crippen LogP contribution in [0.1, 0.15) is 40.7 Å². The van der Waals surface area contributed by atoms with Crippen LogP contribution in [0.3, 0.4) is 0 Å². The zero-order valence-electron chi connectivity index (χ0n) is 13.2. The van der Waals surface area contributed by atoms with E-state index >= 15 is 0 Å². The van der Waals surface area contributed by atoms with Crippen molar-refractivity contribution in [3.8, 4) is 0 Å². The Labute approximate surface area is 133 Å². The minimum atomic E-state index is -0.853. The summed E-state index contributed by atoms with van der Waals surface area (Å²) in [6.07, 6.45) is 0.400. The number of aromatic nitrogens is 3. The van der Waals surface area contributed by atoms with Crippen LogP contribution < -0.4 is 0 Å². The first-order chi connectivity index (χ1) is 11.0. The number of nitrogens with zero attached hydrogens (tertiary/aromatic N) is 3. The van der Waals surface area contributed by atoms with E-state index in [1.807, 2.05) is 19.1 Å². The number of benzene rings is 1. The van der Waals surface area contributed by atoms with Crippen LogP contribution >= 0.6 is 0 Å². The fraction of sp³-hybridized carbons (Fsp3) is 0.375. The molecule has 2 rings (SSSR count). The Morgan fingerprint density at radius 3 is 2.57 bits per heavy atom. The number of hydrogen-bond acceptors (Lipinski definition) is 5. The third kappa shape index (κ3) is 4.38. The van der Waals surface area contributed by atoms with E-state index in [2.05, 4.69) is 10.3 Å². The lowest BCUT2D eigenvalue weighted by molar-refractivity contribution is -0.136. The molecule has 1 aromatic carbocycles. The molecule has 0 aliphatic heterocycles. The lowest BCUT2D eigenvalue weighted by atomic mass is 10.1. The maximum absolute atomic E-state index is 11.6. The van der Waals surface area contributed by atoms with E-state index in [0.29, 0.717) is 30.8 Å². The summed E-state index contributed by atoms with van der Waals surface area (Å²) < 4.78 is 6.66. The topological polar surface area (TPSA) is 94.3 Å². The molecule has 2 aromatic rings. The Balaban J connectivity index is 2.05. The second-order valence-electron chi connectivity index (χ2n) is 5.09. The van der Waals surface area contributed by atoms with E-state index in [1.54, 1.807) is 23.7 Å². The zero-order chi connectivity index (χ0) is 16.8. The van der Waals surface area contributed by atoms with Gasteiger partial charge in [0.15, 0.2) is 0 Å². The number of carboxylic acids is 1. The first-order valence-corrected chi connectivity index (χ1v) is 7.38. The van der Waals surface area contributed by atoms with Gasteiger partial charge in [0.05, 0.1) is 36.5 Å². The summed E-state index contributed by atoms with van der Waals surface area (Å²) in [7, 11) is 0. The number of carboxylic acid groups (broad SMARTS) is 1. The maximum Gasteiger partial charge on any atom is 0.338 e. The molecule has 0 fully saturated rings. The van der Waals surface area contributed by atoms with Gasteiger partial charge in [0.1, 0.15) is 0 Å². The molecule has 0 bridgehead atoms. The van der Waals surface area contributed by atoms with Gasteiger partial charge in [-0.15, -0.1) is 5.10 Å². The van der Waals surface area contributed by atoms with Gasteiger partial charge < -0.3 is 9.84 Å². The number of carbonyl (C=O) groups excluding carboxylic acids is 1. The van der Waals surface area contributed by atoms with Crippen LogP contribution in [0.2, 0.25) is 0 Å². The van der Waals surface area contributed by atoms with Crippen molar-refractivity contribution in [2.24, 2.45) is 0 Å². The fourth-order valence-electron chi connectivity index (χ4n) is 2.14. The second kappa shape index (κ2) is 7.53. The third-order valence-corrected chi connectivity index (χ3v) is 3.45. The van der Waals surface area contributed by atoms with Crippen molar-refractivity contribution in [3.63, 3.8) is 0 Å². The largest absolute Gasteiger partial charge is 0.481 e. The summed E-state index contributed by atoms with van der Waals surface area (Å²) in [6.45, 7) is 4.48. The lowest BCUT2D eigenvalue weighted by Crippen LogP contribution is -2.07. The Kier molecular flexibility index (Phi) is 5.46. The molecule has 7 heteroatoms. The number of aryl methyl sites for hydroxylation is 1. The predicted molar refractivity (Wildman–Crippen MR) is 82.2 cm³/mol. The summed E-state index contributed by atoms with van der Waals surface area (Å²) >= 11 is 0. The smallest absolute Gasteiger partial charge is 0.338 e. The summed E-state index contributed by atoms with van der Waals surface area (Å²) in [5.41, 5.74) is 3.01. The van der Waals surface area contributed by atoms with Crippen molar-refractivity contribution in [1.82, 2.24) is 15.0 Å². The molecule has 7 nitrogen and oxygen atoms in total. The molecule has 0 spiro atoms. The number of esters is 1. The molecule has 1 heterocycles. The first-order valence-electron chi connectivity index (χ1n) is 7.38. The average molecular weight is 317 g/mol. The van der Waals surface area contributed by atoms with E-state index in [-0.39, 0.29) is 12.4 Å². The summed E-state index contributed by atoms with van der Waals surface area (Å²) in [4.78, 5) is 22.2. The van der Waals surface area contributed by atoms with E-state index in [9.17, 15) is 9.59 Å². The van der Waals surface area contributed by atoms with Gasteiger partial charge in [0.25, 0.3) is 0 Å². The van der Waals surface area contributed by atoms with Crippen molar-refractivity contribution in [3.05, 3.63) is 46.8 Å². The highest BCUT2D eigenvalue weighted by molar-refractivity contribution is 5.89. The van der Waals surface area contributed by atoms with Gasteiger partial charge in [-0.2, -0.15) is 0 Å². The van der Waals surface area contributed by atoms with Gasteiger partial charge in [-0.1, -0.05) is 17.3 Å². The Bertz CT molecular complexity index is 692. The summed E-state index contributed by atoms with van der Waals surface area (Å²) in [6, 6.07) is 7.10. The molecule has 0 saturated heterocycles. The SMILES string of the molecule is CCOC(=O)c1ccc(Cn2nnc(CCC(=O)O)c2C)cc1. The van der Waals surface area contributed by atoms with Crippen LogP contribution in [0.5, 0.6) is 0 Å². The number of hydrogen-bond donors (Lipinski definition) is 1. The second-order valence-corrected chi connectivity index (χ2v) is 5.09. The third-order valence-electron chi connectivity index (χ3n) is 3.45. The normalized spacial score (nSPS) is 10.5. The van der Waals surface area contributed by atoms with Gasteiger partial charge in [0.2, 0.25) is 0 Å². The number of aliphatic carboxylic acids is 1. The van der Waals surface area contributed by atoms with Crippen molar-refractivity contribution in [2.75, 3.05) is 6.61 Å². The van der Waals surface area contributed by atoms with E-state index in [1.165, 1.54) is 0 Å². The fourth-order valence-corrected chi connectivity index (χ4v) is 2.14. The average Bonchev–Trinajstić information content (AvgIpc) is 2.87. The highest BCUT2D eigenvalue weighted by atomic mass is 16.5. The summed E-state index contributed by atoms with van der Waals surface area (Å²) in [5, 5.41) is 16.8. The highest BCUT2D eigenvalue weighted by Gasteiger charge is 2.11. The first kappa shape index (κ1) is 16.7. The Morgan fingerprint density at radius 1 is 1.26 bits per heavy atom. The van der Waals surface area contributed by atoms with Crippen molar-refractivity contribution in [2.45, 2.75) is 33.2 Å². The molecule has 0 amide bonds. The molecule has 0 atom stereocenters. The molecule has 1 N–H and O–H groups in total. The molecule has 23 heavy (non-hydrogen) atoms. The molecular weight excluding hydrogens is 298 g/mol. The van der Waals surface area contributed by atoms with Gasteiger partial charge in [-0.3, -0.25) is 4.79 Å². The standard InChI is InChI=1S/C16H19N3O4/c1-3-23-16(22)13-6-4-12(5-7-13)10-19-11(2)14(17-18-19)8-9-15(20)21/h4-7H,3,8-10H2,1-2H3,(H,20,21). The molecule has 0 aliphatic rings. The van der Waals surface area contributed by atoms with Crippen molar-refractivity contribution < 1.29 is 19.4 Å². The van der Waals surface area contributed by atoms with Gasteiger partial charge in [-0.25, -0.2) is 9.48 Å². The molecular formula is C16H19N3O4. The summed E-state index contributed by atoms with van der Waals surface area (Å²) in [5.74, 6) is -1.19. The van der Waals surface area contributed by atoms with Crippen LogP contribution in [0.15, 0.2) is 24.3 Å². The van der Waals surface area contributed by atoms with Crippen LogP contribution in [-0.2, 0) is 22.5 Å². The van der Waals surface area contributed by atoms with Crippen molar-refractivity contribution in [1.29, 1.82) is 0 Å². The zero-order valence-corrected chi connectivity index (χ0v) is 13.2. The van der Waals surface area contributed by atoms with E-state index in [0.717, 1.165) is 11.3 Å². The minimum absolute atomic E-state index is 0.0355. The molecule has 122 valence electrons. The Hall–Kier alpha value is -2.70. The van der Waals surface area contributed by atoms with Gasteiger partial charge >= 0.3 is 11.9 Å². The van der Waals surface area contributed by atoms with Crippen molar-refractivity contribution >= 4 is 11.9 Å². The molecule has 0 radical (unpaired) electrons. The number of ether oxygens (including phenoxy) is 1. The van der Waals surface area contributed by atoms with Crippen LogP contribution in [0.25, 0.3) is 0 Å². The van der Waals surface area contributed by atoms with Gasteiger partial charge in [0, 0.05) is 6.42 Å². The molecule has 0 saturated carbocycles. The molecule has 0 aliphatic carbocycles. The lowest BCUT2D eigenvalue weighted by Gasteiger charge is -2.06. The molecule has 0 unspecified atom stereocenters. The predicted octanol–water partition coefficient (Wildman–Crippen LogP) is 1.83. The van der Waals surface area contributed by atoms with Crippen LogP contribution in [0, 0.1) is 6.92 Å². The number of carbonyl (C=O) groups is 2. The quantitative estimate of drug-likeness (QED) is 0.783. The van der Waals surface area contributed by atoms with E-state index < -0.39 is 5.97 Å². The highest BCUT2D eigenvalue weighted by Crippen LogP contribution is 2.11. The number of rotatable bonds is 7. The maximum atomic E-state index is 11.6. The molecule has 1 aromatic heterocycles. The monoisotopic (exact) mass is 317 g/mol. The minimum Gasteiger partial charge on any atom is -0.481 e. The van der Waals surface area contributed by atoms with Gasteiger partial charge in [-0.05, 0) is 31.5 Å². The van der Waals surface area contributed by atoms with Crippen LogP contribution in [-0.4, -0.2) is 38.6 Å². The van der Waals surface area contributed by atoms with E-state index in [4.69, 9.17) is 9.84 Å². The Morgan fingerprint density at radius 2 is 1.96 bits per heavy atom.